The Bertz CT molecular complexity index is 738. The Hall–Kier alpha value is -2.13. The van der Waals surface area contributed by atoms with Crippen LogP contribution in [0.3, 0.4) is 0 Å². The van der Waals surface area contributed by atoms with Gasteiger partial charge in [0, 0.05) is 31.2 Å². The minimum absolute atomic E-state index is 0.179. The summed E-state index contributed by atoms with van der Waals surface area (Å²) in [7, 11) is 0. The lowest BCUT2D eigenvalue weighted by Gasteiger charge is -2.37. The Balaban J connectivity index is 1.50. The summed E-state index contributed by atoms with van der Waals surface area (Å²) in [5, 5.41) is 0. The number of rotatable bonds is 2. The topological polar surface area (TPSA) is 23.6 Å². The summed E-state index contributed by atoms with van der Waals surface area (Å²) in [4.78, 5) is 17.4. The van der Waals surface area contributed by atoms with E-state index in [9.17, 15) is 4.79 Å². The number of carbonyl (C=O) groups excluding carboxylic acids is 1. The number of hydrogen-bond acceptors (Lipinski definition) is 2. The van der Waals surface area contributed by atoms with E-state index in [-0.39, 0.29) is 5.91 Å². The highest BCUT2D eigenvalue weighted by Crippen LogP contribution is 2.25. The normalized spacial score (nSPS) is 20.9. The SMILES string of the molecule is Cc1ccccc1-c1ccc(C(=O)N2CCN3CCC[C@H]3C2)cc1. The van der Waals surface area contributed by atoms with Crippen molar-refractivity contribution in [3.05, 3.63) is 59.7 Å². The molecule has 0 N–H and O–H groups in total. The smallest absolute Gasteiger partial charge is 0.253 e. The molecule has 124 valence electrons. The van der Waals surface area contributed by atoms with Crippen LogP contribution in [0.4, 0.5) is 0 Å². The van der Waals surface area contributed by atoms with Crippen molar-refractivity contribution in [1.29, 1.82) is 0 Å². The third-order valence-electron chi connectivity index (χ3n) is 5.46. The summed E-state index contributed by atoms with van der Waals surface area (Å²) in [5.74, 6) is 0.179. The number of piperazine rings is 1. The Kier molecular flexibility index (Phi) is 4.11. The first-order valence-corrected chi connectivity index (χ1v) is 8.92. The maximum Gasteiger partial charge on any atom is 0.253 e. The Morgan fingerprint density at radius 3 is 2.58 bits per heavy atom. The molecular formula is C21H24N2O. The predicted molar refractivity (Wildman–Crippen MR) is 97.1 cm³/mol. The molecule has 2 fully saturated rings. The molecule has 2 heterocycles. The van der Waals surface area contributed by atoms with Gasteiger partial charge in [0.05, 0.1) is 0 Å². The third-order valence-corrected chi connectivity index (χ3v) is 5.46. The summed E-state index contributed by atoms with van der Waals surface area (Å²) in [6.07, 6.45) is 2.51. The van der Waals surface area contributed by atoms with Crippen LogP contribution in [0.15, 0.2) is 48.5 Å². The average Bonchev–Trinajstić information content (AvgIpc) is 3.09. The molecule has 0 spiro atoms. The summed E-state index contributed by atoms with van der Waals surface area (Å²) in [6, 6.07) is 17.0. The molecule has 0 saturated carbocycles. The zero-order valence-electron chi connectivity index (χ0n) is 14.2. The maximum atomic E-state index is 12.8. The molecule has 2 aromatic carbocycles. The lowest BCUT2D eigenvalue weighted by atomic mass is 9.99. The fourth-order valence-corrected chi connectivity index (χ4v) is 4.05. The molecule has 0 unspecified atom stereocenters. The number of nitrogens with zero attached hydrogens (tertiary/aromatic N) is 2. The lowest BCUT2D eigenvalue weighted by molar-refractivity contribution is 0.0571. The van der Waals surface area contributed by atoms with Crippen molar-refractivity contribution in [2.45, 2.75) is 25.8 Å². The van der Waals surface area contributed by atoms with Gasteiger partial charge in [-0.2, -0.15) is 0 Å². The first-order chi connectivity index (χ1) is 11.7. The van der Waals surface area contributed by atoms with E-state index in [1.807, 2.05) is 17.0 Å². The van der Waals surface area contributed by atoms with E-state index in [2.05, 4.69) is 48.2 Å². The van der Waals surface area contributed by atoms with E-state index in [0.717, 1.165) is 25.2 Å². The number of carbonyl (C=O) groups is 1. The number of hydrogen-bond donors (Lipinski definition) is 0. The van der Waals surface area contributed by atoms with Gasteiger partial charge in [0.15, 0.2) is 0 Å². The van der Waals surface area contributed by atoms with Gasteiger partial charge in [-0.15, -0.1) is 0 Å². The van der Waals surface area contributed by atoms with Crippen molar-refractivity contribution in [2.75, 3.05) is 26.2 Å². The van der Waals surface area contributed by atoms with Crippen LogP contribution >= 0.6 is 0 Å². The van der Waals surface area contributed by atoms with E-state index in [1.54, 1.807) is 0 Å². The fraction of sp³-hybridized carbons (Fsp3) is 0.381. The van der Waals surface area contributed by atoms with Gasteiger partial charge in [0.2, 0.25) is 0 Å². The monoisotopic (exact) mass is 320 g/mol. The van der Waals surface area contributed by atoms with Gasteiger partial charge in [-0.3, -0.25) is 9.69 Å². The Morgan fingerprint density at radius 2 is 1.79 bits per heavy atom. The number of benzene rings is 2. The molecule has 2 aliphatic rings. The first-order valence-electron chi connectivity index (χ1n) is 8.92. The van der Waals surface area contributed by atoms with E-state index in [0.29, 0.717) is 6.04 Å². The van der Waals surface area contributed by atoms with E-state index in [1.165, 1.54) is 36.1 Å². The van der Waals surface area contributed by atoms with Gasteiger partial charge < -0.3 is 4.90 Å². The van der Waals surface area contributed by atoms with Gasteiger partial charge in [-0.1, -0.05) is 36.4 Å². The van der Waals surface area contributed by atoms with Crippen LogP contribution in [-0.2, 0) is 0 Å². The molecule has 24 heavy (non-hydrogen) atoms. The van der Waals surface area contributed by atoms with E-state index < -0.39 is 0 Å². The van der Waals surface area contributed by atoms with Crippen LogP contribution in [0.2, 0.25) is 0 Å². The lowest BCUT2D eigenvalue weighted by Crippen LogP contribution is -2.52. The number of aryl methyl sites for hydroxylation is 1. The second kappa shape index (κ2) is 6.40. The highest BCUT2D eigenvalue weighted by molar-refractivity contribution is 5.95. The van der Waals surface area contributed by atoms with Crippen LogP contribution in [0, 0.1) is 6.92 Å². The highest BCUT2D eigenvalue weighted by Gasteiger charge is 2.32. The predicted octanol–water partition coefficient (Wildman–Crippen LogP) is 3.58. The molecule has 3 nitrogen and oxygen atoms in total. The average molecular weight is 320 g/mol. The third kappa shape index (κ3) is 2.84. The van der Waals surface area contributed by atoms with Crippen molar-refractivity contribution in [2.24, 2.45) is 0 Å². The van der Waals surface area contributed by atoms with Crippen LogP contribution in [-0.4, -0.2) is 47.9 Å². The van der Waals surface area contributed by atoms with Crippen molar-refractivity contribution in [3.63, 3.8) is 0 Å². The summed E-state index contributed by atoms with van der Waals surface area (Å²) >= 11 is 0. The van der Waals surface area contributed by atoms with E-state index in [4.69, 9.17) is 0 Å². The molecule has 2 saturated heterocycles. The van der Waals surface area contributed by atoms with Crippen molar-refractivity contribution >= 4 is 5.91 Å². The standard InChI is InChI=1S/C21H24N2O/c1-16-5-2-3-7-20(16)17-8-10-18(11-9-17)21(24)23-14-13-22-12-4-6-19(22)15-23/h2-3,5,7-11,19H,4,6,12-15H2,1H3/t19-/m0/s1. The van der Waals surface area contributed by atoms with Crippen LogP contribution in [0.25, 0.3) is 11.1 Å². The second-order valence-electron chi connectivity index (χ2n) is 6.98. The molecule has 0 aromatic heterocycles. The molecule has 0 radical (unpaired) electrons. The van der Waals surface area contributed by atoms with Gasteiger partial charge >= 0.3 is 0 Å². The quantitative estimate of drug-likeness (QED) is 0.844. The number of amides is 1. The number of fused-ring (bicyclic) bond motifs is 1. The van der Waals surface area contributed by atoms with Gasteiger partial charge in [-0.05, 0) is 55.1 Å². The molecule has 4 rings (SSSR count). The van der Waals surface area contributed by atoms with Crippen molar-refractivity contribution in [3.8, 4) is 11.1 Å². The van der Waals surface area contributed by atoms with Crippen molar-refractivity contribution < 1.29 is 4.79 Å². The molecule has 2 aromatic rings. The molecule has 3 heteroatoms. The minimum Gasteiger partial charge on any atom is -0.336 e. The molecule has 1 atom stereocenters. The molecule has 0 bridgehead atoms. The molecule has 1 amide bonds. The fourth-order valence-electron chi connectivity index (χ4n) is 4.05. The molecular weight excluding hydrogens is 296 g/mol. The van der Waals surface area contributed by atoms with Crippen molar-refractivity contribution in [1.82, 2.24) is 9.80 Å². The Morgan fingerprint density at radius 1 is 1.00 bits per heavy atom. The van der Waals surface area contributed by atoms with Crippen LogP contribution in [0.5, 0.6) is 0 Å². The van der Waals surface area contributed by atoms with Gasteiger partial charge in [0.25, 0.3) is 5.91 Å². The highest BCUT2D eigenvalue weighted by atomic mass is 16.2. The van der Waals surface area contributed by atoms with Crippen LogP contribution in [0.1, 0.15) is 28.8 Å². The zero-order chi connectivity index (χ0) is 16.5. The maximum absolute atomic E-state index is 12.8. The van der Waals surface area contributed by atoms with Gasteiger partial charge in [0.1, 0.15) is 0 Å². The Labute approximate surface area is 143 Å². The summed E-state index contributed by atoms with van der Waals surface area (Å²) < 4.78 is 0. The van der Waals surface area contributed by atoms with Crippen LogP contribution < -0.4 is 0 Å². The summed E-state index contributed by atoms with van der Waals surface area (Å²) in [6.45, 7) is 6.10. The largest absolute Gasteiger partial charge is 0.336 e. The molecule has 2 aliphatic heterocycles. The molecule has 0 aliphatic carbocycles. The zero-order valence-corrected chi connectivity index (χ0v) is 14.2. The second-order valence-corrected chi connectivity index (χ2v) is 6.98. The summed E-state index contributed by atoms with van der Waals surface area (Å²) in [5.41, 5.74) is 4.47. The van der Waals surface area contributed by atoms with E-state index >= 15 is 0 Å². The van der Waals surface area contributed by atoms with Gasteiger partial charge in [-0.25, -0.2) is 0 Å². The minimum atomic E-state index is 0.179. The first kappa shape index (κ1) is 15.4.